The Morgan fingerprint density at radius 1 is 1.19 bits per heavy atom. The fraction of sp³-hybridized carbons (Fsp3) is 0.429. The minimum absolute atomic E-state index is 0.120. The summed E-state index contributed by atoms with van der Waals surface area (Å²) in [6.07, 6.45) is 7.13. The van der Waals surface area contributed by atoms with Gasteiger partial charge in [-0.15, -0.1) is 0 Å². The van der Waals surface area contributed by atoms with Crippen LogP contribution >= 0.6 is 0 Å². The van der Waals surface area contributed by atoms with Crippen LogP contribution in [0.1, 0.15) is 42.9 Å². The molecule has 0 atom stereocenters. The molecule has 26 heavy (non-hydrogen) atoms. The highest BCUT2D eigenvalue weighted by Crippen LogP contribution is 2.28. The number of fused-ring (bicyclic) bond motifs is 3. The van der Waals surface area contributed by atoms with Crippen LogP contribution in [0, 0.1) is 0 Å². The standard InChI is InChI=1S/C21H26N4O/c1-3-11-22-13-15-7-6-8-16(12-15)25-20-19(14-23-24(20)2)17-9-4-5-10-18(17)21(25)26/h6-8,12,14,22H,3-5,9-11,13H2,1-2H3. The molecular formula is C21H26N4O. The van der Waals surface area contributed by atoms with Crippen LogP contribution in [0.3, 0.4) is 0 Å². The van der Waals surface area contributed by atoms with E-state index in [0.717, 1.165) is 67.5 Å². The van der Waals surface area contributed by atoms with Crippen molar-refractivity contribution in [2.24, 2.45) is 7.05 Å². The van der Waals surface area contributed by atoms with Crippen LogP contribution in [0.2, 0.25) is 0 Å². The minimum atomic E-state index is 0.120. The molecule has 0 saturated carbocycles. The average molecular weight is 350 g/mol. The molecule has 1 aromatic carbocycles. The molecule has 1 N–H and O–H groups in total. The fourth-order valence-electron chi connectivity index (χ4n) is 4.03. The minimum Gasteiger partial charge on any atom is -0.313 e. The normalized spacial score (nSPS) is 13.9. The first-order valence-corrected chi connectivity index (χ1v) is 9.59. The van der Waals surface area contributed by atoms with Crippen molar-refractivity contribution in [2.45, 2.75) is 45.6 Å². The second-order valence-electron chi connectivity index (χ2n) is 7.16. The molecular weight excluding hydrogens is 324 g/mol. The van der Waals surface area contributed by atoms with E-state index in [9.17, 15) is 4.79 Å². The number of nitrogens with zero attached hydrogens (tertiary/aromatic N) is 3. The lowest BCUT2D eigenvalue weighted by Gasteiger charge is -2.20. The molecule has 1 aliphatic rings. The molecule has 2 heterocycles. The highest BCUT2D eigenvalue weighted by molar-refractivity contribution is 5.82. The van der Waals surface area contributed by atoms with Crippen molar-refractivity contribution in [1.82, 2.24) is 19.7 Å². The molecule has 0 bridgehead atoms. The summed E-state index contributed by atoms with van der Waals surface area (Å²) in [5.41, 5.74) is 5.32. The van der Waals surface area contributed by atoms with Gasteiger partial charge in [0.2, 0.25) is 0 Å². The molecule has 3 aromatic rings. The molecule has 0 fully saturated rings. The van der Waals surface area contributed by atoms with E-state index in [1.54, 1.807) is 0 Å². The predicted molar refractivity (Wildman–Crippen MR) is 105 cm³/mol. The van der Waals surface area contributed by atoms with Gasteiger partial charge in [0.25, 0.3) is 5.56 Å². The number of aromatic nitrogens is 3. The van der Waals surface area contributed by atoms with Crippen LogP contribution in [0.15, 0.2) is 35.3 Å². The summed E-state index contributed by atoms with van der Waals surface area (Å²) in [5, 5.41) is 9.01. The highest BCUT2D eigenvalue weighted by atomic mass is 16.1. The van der Waals surface area contributed by atoms with E-state index in [4.69, 9.17) is 0 Å². The number of pyridine rings is 1. The molecule has 0 radical (unpaired) electrons. The maximum Gasteiger partial charge on any atom is 0.260 e. The molecule has 5 heteroatoms. The Morgan fingerprint density at radius 3 is 2.81 bits per heavy atom. The van der Waals surface area contributed by atoms with Gasteiger partial charge in [-0.3, -0.25) is 14.0 Å². The Morgan fingerprint density at radius 2 is 2.00 bits per heavy atom. The van der Waals surface area contributed by atoms with Crippen LogP contribution in [0.25, 0.3) is 16.7 Å². The molecule has 2 aromatic heterocycles. The summed E-state index contributed by atoms with van der Waals surface area (Å²) in [5.74, 6) is 0. The summed E-state index contributed by atoms with van der Waals surface area (Å²) in [6, 6.07) is 8.28. The molecule has 1 aliphatic carbocycles. The van der Waals surface area contributed by atoms with Gasteiger partial charge in [0.1, 0.15) is 5.65 Å². The first kappa shape index (κ1) is 17.0. The van der Waals surface area contributed by atoms with E-state index in [0.29, 0.717) is 0 Å². The van der Waals surface area contributed by atoms with Gasteiger partial charge in [0.05, 0.1) is 11.9 Å². The molecule has 5 nitrogen and oxygen atoms in total. The Balaban J connectivity index is 1.89. The molecule has 4 rings (SSSR count). The zero-order chi connectivity index (χ0) is 18.1. The van der Waals surface area contributed by atoms with Crippen LogP contribution in [0.4, 0.5) is 0 Å². The van der Waals surface area contributed by atoms with E-state index in [1.807, 2.05) is 34.6 Å². The van der Waals surface area contributed by atoms with Gasteiger partial charge in [-0.05, 0) is 61.9 Å². The third-order valence-corrected chi connectivity index (χ3v) is 5.30. The third-order valence-electron chi connectivity index (χ3n) is 5.30. The monoisotopic (exact) mass is 350 g/mol. The SMILES string of the molecule is CCCNCc1cccc(-n2c(=O)c3c(c4cnn(C)c42)CCCC3)c1. The molecule has 0 aliphatic heterocycles. The number of rotatable bonds is 5. The maximum absolute atomic E-state index is 13.4. The number of aryl methyl sites for hydroxylation is 2. The van der Waals surface area contributed by atoms with E-state index in [2.05, 4.69) is 29.5 Å². The van der Waals surface area contributed by atoms with Crippen LogP contribution < -0.4 is 10.9 Å². The van der Waals surface area contributed by atoms with E-state index in [-0.39, 0.29) is 5.56 Å². The summed E-state index contributed by atoms with van der Waals surface area (Å²) in [6.45, 7) is 3.97. The number of benzene rings is 1. The number of hydrogen-bond donors (Lipinski definition) is 1. The molecule has 0 amide bonds. The van der Waals surface area contributed by atoms with Gasteiger partial charge in [-0.1, -0.05) is 19.1 Å². The van der Waals surface area contributed by atoms with Gasteiger partial charge in [0, 0.05) is 24.5 Å². The number of nitrogens with one attached hydrogen (secondary N) is 1. The number of hydrogen-bond acceptors (Lipinski definition) is 3. The van der Waals surface area contributed by atoms with Gasteiger partial charge in [-0.25, -0.2) is 0 Å². The van der Waals surface area contributed by atoms with Crippen molar-refractivity contribution in [3.8, 4) is 5.69 Å². The summed E-state index contributed by atoms with van der Waals surface area (Å²) >= 11 is 0. The van der Waals surface area contributed by atoms with Crippen molar-refractivity contribution in [3.05, 3.63) is 57.5 Å². The smallest absolute Gasteiger partial charge is 0.260 e. The Hall–Kier alpha value is -2.40. The Kier molecular flexibility index (Phi) is 4.64. The Labute approximate surface area is 153 Å². The zero-order valence-electron chi connectivity index (χ0n) is 15.6. The largest absolute Gasteiger partial charge is 0.313 e. The summed E-state index contributed by atoms with van der Waals surface area (Å²) in [4.78, 5) is 13.4. The molecule has 0 spiro atoms. The highest BCUT2D eigenvalue weighted by Gasteiger charge is 2.22. The molecule has 0 saturated heterocycles. The van der Waals surface area contributed by atoms with Gasteiger partial charge >= 0.3 is 0 Å². The van der Waals surface area contributed by atoms with Crippen molar-refractivity contribution < 1.29 is 0 Å². The average Bonchev–Trinajstić information content (AvgIpc) is 3.04. The Bertz CT molecular complexity index is 999. The lowest BCUT2D eigenvalue weighted by molar-refractivity contribution is 0.672. The zero-order valence-corrected chi connectivity index (χ0v) is 15.6. The predicted octanol–water partition coefficient (Wildman–Crippen LogP) is 3.10. The van der Waals surface area contributed by atoms with Crippen LogP contribution in [-0.2, 0) is 26.4 Å². The van der Waals surface area contributed by atoms with Crippen LogP contribution in [0.5, 0.6) is 0 Å². The van der Waals surface area contributed by atoms with Crippen LogP contribution in [-0.4, -0.2) is 20.9 Å². The lowest BCUT2D eigenvalue weighted by atomic mass is 9.91. The summed E-state index contributed by atoms with van der Waals surface area (Å²) < 4.78 is 3.68. The second kappa shape index (κ2) is 7.08. The topological polar surface area (TPSA) is 51.9 Å². The van der Waals surface area contributed by atoms with Gasteiger partial charge in [-0.2, -0.15) is 5.10 Å². The maximum atomic E-state index is 13.4. The van der Waals surface area contributed by atoms with Gasteiger partial charge in [0.15, 0.2) is 0 Å². The van der Waals surface area contributed by atoms with E-state index >= 15 is 0 Å². The first-order valence-electron chi connectivity index (χ1n) is 9.59. The second-order valence-corrected chi connectivity index (χ2v) is 7.16. The quantitative estimate of drug-likeness (QED) is 0.720. The molecule has 136 valence electrons. The van der Waals surface area contributed by atoms with Crippen molar-refractivity contribution in [2.75, 3.05) is 6.54 Å². The molecule has 0 unspecified atom stereocenters. The van der Waals surface area contributed by atoms with Crippen molar-refractivity contribution >= 4 is 11.0 Å². The summed E-state index contributed by atoms with van der Waals surface area (Å²) in [7, 11) is 1.92. The van der Waals surface area contributed by atoms with Gasteiger partial charge < -0.3 is 5.32 Å². The third kappa shape index (κ3) is 2.86. The lowest BCUT2D eigenvalue weighted by Crippen LogP contribution is -2.27. The van der Waals surface area contributed by atoms with Crippen molar-refractivity contribution in [1.29, 1.82) is 0 Å². The first-order chi connectivity index (χ1) is 12.7. The van der Waals surface area contributed by atoms with E-state index in [1.165, 1.54) is 11.1 Å². The fourth-order valence-corrected chi connectivity index (χ4v) is 4.03. The van der Waals surface area contributed by atoms with E-state index < -0.39 is 0 Å². The van der Waals surface area contributed by atoms with Crippen molar-refractivity contribution in [3.63, 3.8) is 0 Å².